The summed E-state index contributed by atoms with van der Waals surface area (Å²) in [6.07, 6.45) is -1.00. The SMILES string of the molecule is CC(C)c1nc(CNC(=O)[C@@H]2Oc3ccccc3O[C@@H]2C)cs1. The van der Waals surface area contributed by atoms with E-state index < -0.39 is 6.10 Å². The molecule has 0 saturated carbocycles. The number of nitrogens with zero attached hydrogens (tertiary/aromatic N) is 1. The van der Waals surface area contributed by atoms with Crippen LogP contribution in [0.5, 0.6) is 11.5 Å². The van der Waals surface area contributed by atoms with E-state index in [2.05, 4.69) is 24.1 Å². The third-order valence-corrected chi connectivity index (χ3v) is 4.80. The second-order valence-electron chi connectivity index (χ2n) is 5.86. The van der Waals surface area contributed by atoms with E-state index in [1.54, 1.807) is 17.4 Å². The normalized spacial score (nSPS) is 19.7. The van der Waals surface area contributed by atoms with Gasteiger partial charge in [-0.05, 0) is 19.1 Å². The Kier molecular flexibility index (Phi) is 4.52. The maximum atomic E-state index is 12.4. The van der Waals surface area contributed by atoms with Gasteiger partial charge in [-0.15, -0.1) is 11.3 Å². The molecule has 5 nitrogen and oxygen atoms in total. The molecule has 0 radical (unpaired) electrons. The molecule has 1 amide bonds. The highest BCUT2D eigenvalue weighted by Gasteiger charge is 2.33. The predicted molar refractivity (Wildman–Crippen MR) is 89.0 cm³/mol. The molecule has 2 aromatic rings. The molecule has 0 bridgehead atoms. The summed E-state index contributed by atoms with van der Waals surface area (Å²) in [5.74, 6) is 1.48. The highest BCUT2D eigenvalue weighted by Crippen LogP contribution is 2.33. The van der Waals surface area contributed by atoms with Gasteiger partial charge in [-0.25, -0.2) is 4.98 Å². The molecule has 0 saturated heterocycles. The van der Waals surface area contributed by atoms with Crippen molar-refractivity contribution in [2.24, 2.45) is 0 Å². The molecule has 0 aliphatic carbocycles. The van der Waals surface area contributed by atoms with Crippen LogP contribution in [0.3, 0.4) is 0 Å². The number of thiazole rings is 1. The average molecular weight is 332 g/mol. The molecular weight excluding hydrogens is 312 g/mol. The molecule has 23 heavy (non-hydrogen) atoms. The number of aromatic nitrogens is 1. The molecule has 3 rings (SSSR count). The Morgan fingerprint density at radius 2 is 2.00 bits per heavy atom. The minimum absolute atomic E-state index is 0.189. The Bertz CT molecular complexity index is 699. The van der Waals surface area contributed by atoms with Gasteiger partial charge in [0.25, 0.3) is 5.91 Å². The molecule has 1 aliphatic rings. The first-order valence-electron chi connectivity index (χ1n) is 7.69. The van der Waals surface area contributed by atoms with Crippen molar-refractivity contribution in [1.29, 1.82) is 0 Å². The number of hydrogen-bond acceptors (Lipinski definition) is 5. The second-order valence-corrected chi connectivity index (χ2v) is 6.75. The topological polar surface area (TPSA) is 60.5 Å². The molecule has 1 aromatic carbocycles. The number of ether oxygens (including phenoxy) is 2. The zero-order valence-corrected chi connectivity index (χ0v) is 14.2. The molecule has 2 heterocycles. The van der Waals surface area contributed by atoms with Crippen molar-refractivity contribution in [1.82, 2.24) is 10.3 Å². The molecular formula is C17H20N2O3S. The van der Waals surface area contributed by atoms with Crippen molar-refractivity contribution in [3.63, 3.8) is 0 Å². The van der Waals surface area contributed by atoms with Gasteiger partial charge in [0.15, 0.2) is 11.5 Å². The van der Waals surface area contributed by atoms with Crippen molar-refractivity contribution in [3.8, 4) is 11.5 Å². The Morgan fingerprint density at radius 3 is 2.65 bits per heavy atom. The van der Waals surface area contributed by atoms with Crippen LogP contribution < -0.4 is 14.8 Å². The molecule has 2 atom stereocenters. The Hall–Kier alpha value is -2.08. The Morgan fingerprint density at radius 1 is 1.30 bits per heavy atom. The summed E-state index contributed by atoms with van der Waals surface area (Å²) >= 11 is 1.62. The van der Waals surface area contributed by atoms with Crippen LogP contribution >= 0.6 is 11.3 Å². The lowest BCUT2D eigenvalue weighted by molar-refractivity contribution is -0.133. The standard InChI is InChI=1S/C17H20N2O3S/c1-10(2)17-19-12(9-23-17)8-18-16(20)15-11(3)21-13-6-4-5-7-14(13)22-15/h4-7,9-11,15H,8H2,1-3H3,(H,18,20)/t11-,15-/m1/s1. The summed E-state index contributed by atoms with van der Waals surface area (Å²) in [5.41, 5.74) is 0.872. The van der Waals surface area contributed by atoms with Gasteiger partial charge in [-0.3, -0.25) is 4.79 Å². The average Bonchev–Trinajstić information content (AvgIpc) is 3.01. The first kappa shape index (κ1) is 15.8. The first-order chi connectivity index (χ1) is 11.0. The number of hydrogen-bond donors (Lipinski definition) is 1. The number of amides is 1. The maximum Gasteiger partial charge on any atom is 0.265 e. The quantitative estimate of drug-likeness (QED) is 0.934. The van der Waals surface area contributed by atoms with E-state index in [1.807, 2.05) is 30.5 Å². The second kappa shape index (κ2) is 6.58. The van der Waals surface area contributed by atoms with E-state index in [0.717, 1.165) is 10.7 Å². The van der Waals surface area contributed by atoms with Gasteiger partial charge in [-0.1, -0.05) is 26.0 Å². The number of para-hydroxylation sites is 2. The van der Waals surface area contributed by atoms with Gasteiger partial charge in [0.2, 0.25) is 6.10 Å². The lowest BCUT2D eigenvalue weighted by atomic mass is 10.1. The third-order valence-electron chi connectivity index (χ3n) is 3.61. The van der Waals surface area contributed by atoms with Gasteiger partial charge in [0.05, 0.1) is 17.2 Å². The van der Waals surface area contributed by atoms with E-state index in [-0.39, 0.29) is 12.0 Å². The van der Waals surface area contributed by atoms with Crippen LogP contribution in [0.1, 0.15) is 37.4 Å². The van der Waals surface area contributed by atoms with Crippen molar-refractivity contribution in [2.75, 3.05) is 0 Å². The van der Waals surface area contributed by atoms with Crippen LogP contribution in [-0.2, 0) is 11.3 Å². The number of nitrogens with one attached hydrogen (secondary N) is 1. The number of carbonyl (C=O) groups excluding carboxylic acids is 1. The zero-order valence-electron chi connectivity index (χ0n) is 13.4. The van der Waals surface area contributed by atoms with Gasteiger partial charge in [-0.2, -0.15) is 0 Å². The smallest absolute Gasteiger partial charge is 0.265 e. The number of benzene rings is 1. The lowest BCUT2D eigenvalue weighted by Gasteiger charge is -2.30. The molecule has 0 spiro atoms. The monoisotopic (exact) mass is 332 g/mol. The van der Waals surface area contributed by atoms with Crippen molar-refractivity contribution < 1.29 is 14.3 Å². The summed E-state index contributed by atoms with van der Waals surface area (Å²) in [6, 6.07) is 7.37. The summed E-state index contributed by atoms with van der Waals surface area (Å²) in [4.78, 5) is 16.9. The number of rotatable bonds is 4. The number of carbonyl (C=O) groups is 1. The molecule has 1 N–H and O–H groups in total. The molecule has 0 unspecified atom stereocenters. The van der Waals surface area contributed by atoms with Gasteiger partial charge < -0.3 is 14.8 Å². The Balaban J connectivity index is 1.62. The number of fused-ring (bicyclic) bond motifs is 1. The van der Waals surface area contributed by atoms with Crippen LogP contribution in [0, 0.1) is 0 Å². The van der Waals surface area contributed by atoms with Gasteiger partial charge in [0.1, 0.15) is 6.10 Å². The molecule has 6 heteroatoms. The van der Waals surface area contributed by atoms with E-state index in [1.165, 1.54) is 0 Å². The highest BCUT2D eigenvalue weighted by atomic mass is 32.1. The largest absolute Gasteiger partial charge is 0.482 e. The summed E-state index contributed by atoms with van der Waals surface area (Å²) in [7, 11) is 0. The van der Waals surface area contributed by atoms with E-state index in [4.69, 9.17) is 9.47 Å². The molecule has 122 valence electrons. The van der Waals surface area contributed by atoms with Crippen LogP contribution in [0.4, 0.5) is 0 Å². The fourth-order valence-corrected chi connectivity index (χ4v) is 3.19. The van der Waals surface area contributed by atoms with E-state index in [9.17, 15) is 4.79 Å². The summed E-state index contributed by atoms with van der Waals surface area (Å²) in [5, 5.41) is 5.94. The summed E-state index contributed by atoms with van der Waals surface area (Å²) in [6.45, 7) is 6.44. The minimum atomic E-state index is -0.659. The van der Waals surface area contributed by atoms with Crippen molar-refractivity contribution in [2.45, 2.75) is 45.4 Å². The van der Waals surface area contributed by atoms with Crippen LogP contribution in [0.25, 0.3) is 0 Å². The zero-order chi connectivity index (χ0) is 16.4. The third kappa shape index (κ3) is 3.47. The van der Waals surface area contributed by atoms with Crippen molar-refractivity contribution >= 4 is 17.2 Å². The lowest BCUT2D eigenvalue weighted by Crippen LogP contribution is -2.48. The van der Waals surface area contributed by atoms with E-state index >= 15 is 0 Å². The van der Waals surface area contributed by atoms with Gasteiger partial charge in [0, 0.05) is 11.3 Å². The van der Waals surface area contributed by atoms with Crippen molar-refractivity contribution in [3.05, 3.63) is 40.3 Å². The van der Waals surface area contributed by atoms with Crippen LogP contribution in [-0.4, -0.2) is 23.1 Å². The van der Waals surface area contributed by atoms with Gasteiger partial charge >= 0.3 is 0 Å². The first-order valence-corrected chi connectivity index (χ1v) is 8.57. The fourth-order valence-electron chi connectivity index (χ4n) is 2.35. The Labute approximate surface area is 139 Å². The molecule has 0 fully saturated rings. The minimum Gasteiger partial charge on any atom is -0.482 e. The highest BCUT2D eigenvalue weighted by molar-refractivity contribution is 7.09. The molecule has 1 aliphatic heterocycles. The summed E-state index contributed by atoms with van der Waals surface area (Å²) < 4.78 is 11.5. The van der Waals surface area contributed by atoms with E-state index in [0.29, 0.717) is 24.0 Å². The maximum absolute atomic E-state index is 12.4. The fraction of sp³-hybridized carbons (Fsp3) is 0.412. The van der Waals surface area contributed by atoms with Crippen LogP contribution in [0.2, 0.25) is 0 Å². The predicted octanol–water partition coefficient (Wildman–Crippen LogP) is 3.11. The van der Waals surface area contributed by atoms with Crippen LogP contribution in [0.15, 0.2) is 29.6 Å². The molecule has 1 aromatic heterocycles.